The lowest BCUT2D eigenvalue weighted by molar-refractivity contribution is 0.102. The van der Waals surface area contributed by atoms with Crippen molar-refractivity contribution in [2.45, 2.75) is 50.9 Å². The van der Waals surface area contributed by atoms with Crippen molar-refractivity contribution in [2.75, 3.05) is 19.5 Å². The number of carbonyl (C=O) groups is 1. The Balaban J connectivity index is 1.83. The fourth-order valence-electron chi connectivity index (χ4n) is 3.67. The van der Waals surface area contributed by atoms with Crippen LogP contribution < -0.4 is 14.8 Å². The second-order valence-electron chi connectivity index (χ2n) is 6.60. The molecule has 140 valence electrons. The molecule has 0 bridgehead atoms. The van der Waals surface area contributed by atoms with Gasteiger partial charge in [0.2, 0.25) is 5.13 Å². The van der Waals surface area contributed by atoms with E-state index in [0.29, 0.717) is 22.2 Å². The van der Waals surface area contributed by atoms with E-state index in [1.54, 1.807) is 18.2 Å². The van der Waals surface area contributed by atoms with Crippen molar-refractivity contribution in [2.24, 2.45) is 0 Å². The molecule has 1 heterocycles. The predicted molar refractivity (Wildman–Crippen MR) is 102 cm³/mol. The van der Waals surface area contributed by atoms with Gasteiger partial charge in [-0.3, -0.25) is 10.1 Å². The maximum Gasteiger partial charge on any atom is 0.265 e. The molecular formula is C19H25N3O3S. The average Bonchev–Trinajstić information content (AvgIpc) is 3.16. The van der Waals surface area contributed by atoms with Crippen LogP contribution in [0.3, 0.4) is 0 Å². The third-order valence-electron chi connectivity index (χ3n) is 5.24. The van der Waals surface area contributed by atoms with Crippen LogP contribution in [0, 0.1) is 0 Å². The lowest BCUT2D eigenvalue weighted by Crippen LogP contribution is -2.28. The van der Waals surface area contributed by atoms with Gasteiger partial charge in [0.1, 0.15) is 22.1 Å². The third kappa shape index (κ3) is 3.53. The summed E-state index contributed by atoms with van der Waals surface area (Å²) in [6, 6.07) is 5.25. The molecule has 1 N–H and O–H groups in total. The molecule has 7 heteroatoms. The molecule has 1 aromatic heterocycles. The van der Waals surface area contributed by atoms with E-state index in [9.17, 15) is 4.79 Å². The first-order valence-corrected chi connectivity index (χ1v) is 9.81. The first kappa shape index (κ1) is 18.6. The molecule has 3 rings (SSSR count). The Labute approximate surface area is 157 Å². The molecule has 1 amide bonds. The van der Waals surface area contributed by atoms with E-state index < -0.39 is 0 Å². The number of ether oxygens (including phenoxy) is 2. The standard InChI is InChI=1S/C19H25N3O3S/c1-4-19(11-6-5-7-12-19)17-21-22-18(26-17)20-16(23)15-13(24-2)9-8-10-14(15)25-3/h8-10H,4-7,11-12H2,1-3H3,(H,20,22,23). The van der Waals surface area contributed by atoms with Crippen molar-refractivity contribution in [3.63, 3.8) is 0 Å². The smallest absolute Gasteiger partial charge is 0.265 e. The van der Waals surface area contributed by atoms with Crippen LogP contribution in [0.1, 0.15) is 60.8 Å². The van der Waals surface area contributed by atoms with Crippen molar-refractivity contribution in [1.82, 2.24) is 10.2 Å². The van der Waals surface area contributed by atoms with Gasteiger partial charge in [-0.1, -0.05) is 43.6 Å². The lowest BCUT2D eigenvalue weighted by Gasteiger charge is -2.33. The minimum absolute atomic E-state index is 0.112. The molecule has 1 aromatic carbocycles. The number of anilines is 1. The Morgan fingerprint density at radius 1 is 1.15 bits per heavy atom. The molecule has 0 aliphatic heterocycles. The van der Waals surface area contributed by atoms with Crippen LogP contribution >= 0.6 is 11.3 Å². The first-order valence-electron chi connectivity index (χ1n) is 9.00. The molecule has 0 spiro atoms. The number of carbonyl (C=O) groups excluding carboxylic acids is 1. The van der Waals surface area contributed by atoms with Crippen molar-refractivity contribution in [3.05, 3.63) is 28.8 Å². The van der Waals surface area contributed by atoms with E-state index in [2.05, 4.69) is 22.4 Å². The molecule has 1 fully saturated rings. The first-order chi connectivity index (χ1) is 12.6. The Morgan fingerprint density at radius 2 is 1.81 bits per heavy atom. The van der Waals surface area contributed by atoms with Gasteiger partial charge in [-0.25, -0.2) is 0 Å². The van der Waals surface area contributed by atoms with Crippen LogP contribution in [0.15, 0.2) is 18.2 Å². The van der Waals surface area contributed by atoms with Crippen LogP contribution in [0.4, 0.5) is 5.13 Å². The van der Waals surface area contributed by atoms with Crippen LogP contribution in [0.25, 0.3) is 0 Å². The average molecular weight is 375 g/mol. The monoisotopic (exact) mass is 375 g/mol. The van der Waals surface area contributed by atoms with E-state index in [1.807, 2.05) is 0 Å². The molecule has 2 aromatic rings. The number of methoxy groups -OCH3 is 2. The molecule has 1 saturated carbocycles. The highest BCUT2D eigenvalue weighted by molar-refractivity contribution is 7.15. The molecule has 26 heavy (non-hydrogen) atoms. The molecule has 0 radical (unpaired) electrons. The maximum absolute atomic E-state index is 12.8. The second-order valence-corrected chi connectivity index (χ2v) is 7.58. The highest BCUT2D eigenvalue weighted by atomic mass is 32.1. The van der Waals surface area contributed by atoms with Crippen LogP contribution in [0.5, 0.6) is 11.5 Å². The summed E-state index contributed by atoms with van der Waals surface area (Å²) in [5.41, 5.74) is 0.471. The summed E-state index contributed by atoms with van der Waals surface area (Å²) in [6.45, 7) is 2.21. The second kappa shape index (κ2) is 8.03. The minimum atomic E-state index is -0.309. The Hall–Kier alpha value is -2.15. The van der Waals surface area contributed by atoms with Gasteiger partial charge in [-0.15, -0.1) is 10.2 Å². The number of benzene rings is 1. The zero-order valence-electron chi connectivity index (χ0n) is 15.5. The number of nitrogens with zero attached hydrogens (tertiary/aromatic N) is 2. The van der Waals surface area contributed by atoms with E-state index >= 15 is 0 Å². The van der Waals surface area contributed by atoms with Gasteiger partial charge >= 0.3 is 0 Å². The molecule has 0 unspecified atom stereocenters. The summed E-state index contributed by atoms with van der Waals surface area (Å²) in [7, 11) is 3.06. The van der Waals surface area contributed by atoms with E-state index in [0.717, 1.165) is 24.3 Å². The maximum atomic E-state index is 12.8. The summed E-state index contributed by atoms with van der Waals surface area (Å²) in [5.74, 6) is 0.615. The third-order valence-corrected chi connectivity index (χ3v) is 6.33. The SMILES string of the molecule is CCC1(c2nnc(NC(=O)c3c(OC)cccc3OC)s2)CCCCC1. The number of amides is 1. The number of hydrogen-bond donors (Lipinski definition) is 1. The van der Waals surface area contributed by atoms with Gasteiger partial charge in [-0.05, 0) is 31.4 Å². The van der Waals surface area contributed by atoms with Crippen molar-refractivity contribution < 1.29 is 14.3 Å². The number of aromatic nitrogens is 2. The van der Waals surface area contributed by atoms with E-state index in [1.165, 1.54) is 44.8 Å². The summed E-state index contributed by atoms with van der Waals surface area (Å²) in [5, 5.41) is 13.0. The molecular weight excluding hydrogens is 350 g/mol. The minimum Gasteiger partial charge on any atom is -0.496 e. The van der Waals surface area contributed by atoms with E-state index in [-0.39, 0.29) is 11.3 Å². The van der Waals surface area contributed by atoms with E-state index in [4.69, 9.17) is 9.47 Å². The van der Waals surface area contributed by atoms with Gasteiger partial charge in [0.05, 0.1) is 14.2 Å². The van der Waals surface area contributed by atoms with Gasteiger partial charge in [0.25, 0.3) is 5.91 Å². The lowest BCUT2D eigenvalue weighted by atomic mass is 9.73. The zero-order chi connectivity index (χ0) is 18.6. The number of nitrogens with one attached hydrogen (secondary N) is 1. The summed E-state index contributed by atoms with van der Waals surface area (Å²) < 4.78 is 10.6. The fraction of sp³-hybridized carbons (Fsp3) is 0.526. The molecule has 1 aliphatic carbocycles. The number of rotatable bonds is 6. The molecule has 1 aliphatic rings. The Bertz CT molecular complexity index is 747. The Morgan fingerprint density at radius 3 is 2.38 bits per heavy atom. The molecule has 6 nitrogen and oxygen atoms in total. The molecule has 0 saturated heterocycles. The quantitative estimate of drug-likeness (QED) is 0.809. The van der Waals surface area contributed by atoms with Crippen LogP contribution in [-0.4, -0.2) is 30.3 Å². The fourth-order valence-corrected chi connectivity index (χ4v) is 4.73. The van der Waals surface area contributed by atoms with Gasteiger partial charge in [0, 0.05) is 5.41 Å². The van der Waals surface area contributed by atoms with Crippen LogP contribution in [-0.2, 0) is 5.41 Å². The molecule has 0 atom stereocenters. The summed E-state index contributed by atoms with van der Waals surface area (Å²) >= 11 is 1.48. The Kier molecular flexibility index (Phi) is 5.76. The van der Waals surface area contributed by atoms with Crippen molar-refractivity contribution in [3.8, 4) is 11.5 Å². The zero-order valence-corrected chi connectivity index (χ0v) is 16.3. The largest absolute Gasteiger partial charge is 0.496 e. The van der Waals surface area contributed by atoms with Gasteiger partial charge in [-0.2, -0.15) is 0 Å². The van der Waals surface area contributed by atoms with Crippen LogP contribution in [0.2, 0.25) is 0 Å². The van der Waals surface area contributed by atoms with Crippen molar-refractivity contribution in [1.29, 1.82) is 0 Å². The highest BCUT2D eigenvalue weighted by Gasteiger charge is 2.35. The highest BCUT2D eigenvalue weighted by Crippen LogP contribution is 2.43. The normalized spacial score (nSPS) is 16.1. The summed E-state index contributed by atoms with van der Waals surface area (Å²) in [4.78, 5) is 12.8. The topological polar surface area (TPSA) is 73.3 Å². The van der Waals surface area contributed by atoms with Gasteiger partial charge in [0.15, 0.2) is 0 Å². The summed E-state index contributed by atoms with van der Waals surface area (Å²) in [6.07, 6.45) is 7.09. The van der Waals surface area contributed by atoms with Crippen molar-refractivity contribution >= 4 is 22.4 Å². The number of hydrogen-bond acceptors (Lipinski definition) is 6. The predicted octanol–water partition coefficient (Wildman–Crippen LogP) is 4.42. The van der Waals surface area contributed by atoms with Gasteiger partial charge < -0.3 is 9.47 Å².